The summed E-state index contributed by atoms with van der Waals surface area (Å²) >= 11 is 8.34. The van der Waals surface area contributed by atoms with Gasteiger partial charge in [0, 0.05) is 14.5 Å². The topological polar surface area (TPSA) is 88.4 Å². The molecule has 0 spiro atoms. The van der Waals surface area contributed by atoms with E-state index in [-0.39, 0.29) is 18.3 Å². The number of carbonyl (C=O) groups excluding carboxylic acids is 1. The number of para-hydroxylation sites is 1. The minimum absolute atomic E-state index is 0.118. The first-order valence-corrected chi connectivity index (χ1v) is 16.7. The number of hydrogen-bond acceptors (Lipinski definition) is 8. The van der Waals surface area contributed by atoms with Gasteiger partial charge >= 0.3 is 5.97 Å². The molecule has 234 valence electrons. The predicted octanol–water partition coefficient (Wildman–Crippen LogP) is 6.70. The van der Waals surface area contributed by atoms with Crippen LogP contribution in [0.4, 0.5) is 0 Å². The fourth-order valence-electron chi connectivity index (χ4n) is 4.97. The molecule has 1 atom stereocenters. The standard InChI is InChI=1S/C34H32Br2N2O6S/c1-6-42-33(40)30-20(4)37-34-38(31(30)24-9-7-8-10-26(24)44-19(2)3)32(39)29(45-34)16-22-15-27(41-5)28(17-25(22)36)43-18-21-11-13-23(35)14-12-21/h7-17,19,31H,6,18H2,1-5H3/b29-16+/t31-/m1/s1. The minimum Gasteiger partial charge on any atom is -0.493 e. The van der Waals surface area contributed by atoms with Crippen molar-refractivity contribution >= 4 is 55.2 Å². The molecule has 1 aliphatic heterocycles. The summed E-state index contributed by atoms with van der Waals surface area (Å²) < 4.78 is 27.0. The zero-order chi connectivity index (χ0) is 32.2. The lowest BCUT2D eigenvalue weighted by Crippen LogP contribution is -2.40. The molecule has 0 fully saturated rings. The van der Waals surface area contributed by atoms with Crippen molar-refractivity contribution < 1.29 is 23.7 Å². The second-order valence-corrected chi connectivity index (χ2v) is 13.2. The molecule has 11 heteroatoms. The number of hydrogen-bond donors (Lipinski definition) is 0. The number of nitrogens with zero attached hydrogens (tertiary/aromatic N) is 2. The lowest BCUT2D eigenvalue weighted by Gasteiger charge is -2.26. The molecule has 45 heavy (non-hydrogen) atoms. The average Bonchev–Trinajstić information content (AvgIpc) is 3.31. The smallest absolute Gasteiger partial charge is 0.338 e. The molecule has 0 radical (unpaired) electrons. The van der Waals surface area contributed by atoms with E-state index in [0.717, 1.165) is 20.1 Å². The van der Waals surface area contributed by atoms with Gasteiger partial charge in [0.25, 0.3) is 5.56 Å². The number of rotatable bonds is 10. The molecule has 5 rings (SSSR count). The third-order valence-corrected chi connectivity index (χ3v) is 9.17. The molecule has 2 heterocycles. The van der Waals surface area contributed by atoms with Crippen molar-refractivity contribution in [3.05, 3.63) is 117 Å². The molecule has 0 N–H and O–H groups in total. The van der Waals surface area contributed by atoms with E-state index in [0.29, 0.717) is 50.0 Å². The van der Waals surface area contributed by atoms with E-state index in [1.165, 1.54) is 11.3 Å². The van der Waals surface area contributed by atoms with Gasteiger partial charge in [-0.15, -0.1) is 0 Å². The van der Waals surface area contributed by atoms with Crippen LogP contribution in [0.2, 0.25) is 0 Å². The third-order valence-electron chi connectivity index (χ3n) is 6.97. The van der Waals surface area contributed by atoms with E-state index in [1.807, 2.05) is 74.5 Å². The molecule has 4 aromatic rings. The van der Waals surface area contributed by atoms with Crippen LogP contribution in [0.25, 0.3) is 6.08 Å². The third kappa shape index (κ3) is 7.10. The van der Waals surface area contributed by atoms with Crippen molar-refractivity contribution in [3.63, 3.8) is 0 Å². The number of fused-ring (bicyclic) bond motifs is 1. The lowest BCUT2D eigenvalue weighted by atomic mass is 9.95. The number of carbonyl (C=O) groups is 1. The molecular weight excluding hydrogens is 724 g/mol. The number of esters is 1. The minimum atomic E-state index is -0.787. The van der Waals surface area contributed by atoms with Crippen molar-refractivity contribution in [2.24, 2.45) is 4.99 Å². The predicted molar refractivity (Wildman–Crippen MR) is 182 cm³/mol. The van der Waals surface area contributed by atoms with Gasteiger partial charge in [0.15, 0.2) is 16.3 Å². The van der Waals surface area contributed by atoms with E-state index < -0.39 is 12.0 Å². The summed E-state index contributed by atoms with van der Waals surface area (Å²) in [4.78, 5) is 32.7. The van der Waals surface area contributed by atoms with Gasteiger partial charge in [-0.1, -0.05) is 73.5 Å². The maximum absolute atomic E-state index is 14.2. The summed E-state index contributed by atoms with van der Waals surface area (Å²) in [7, 11) is 1.57. The number of halogens is 2. The fraction of sp³-hybridized carbons (Fsp3) is 0.265. The van der Waals surface area contributed by atoms with Crippen molar-refractivity contribution in [1.82, 2.24) is 4.57 Å². The van der Waals surface area contributed by atoms with Gasteiger partial charge in [0.1, 0.15) is 18.4 Å². The van der Waals surface area contributed by atoms with E-state index in [9.17, 15) is 9.59 Å². The summed E-state index contributed by atoms with van der Waals surface area (Å²) in [5.74, 6) is 1.13. The van der Waals surface area contributed by atoms with Crippen LogP contribution in [0.15, 0.2) is 90.7 Å². The first-order valence-electron chi connectivity index (χ1n) is 14.3. The highest BCUT2D eigenvalue weighted by atomic mass is 79.9. The summed E-state index contributed by atoms with van der Waals surface area (Å²) in [5.41, 5.74) is 2.89. The number of allylic oxidation sites excluding steroid dienone is 1. The number of methoxy groups -OCH3 is 1. The van der Waals surface area contributed by atoms with Gasteiger partial charge in [0.05, 0.1) is 35.6 Å². The van der Waals surface area contributed by atoms with E-state index >= 15 is 0 Å². The van der Waals surface area contributed by atoms with Gasteiger partial charge in [-0.05, 0) is 75.2 Å². The Morgan fingerprint density at radius 2 is 1.80 bits per heavy atom. The maximum Gasteiger partial charge on any atom is 0.338 e. The number of aromatic nitrogens is 1. The fourth-order valence-corrected chi connectivity index (χ4v) is 6.71. The first-order chi connectivity index (χ1) is 21.6. The van der Waals surface area contributed by atoms with Crippen LogP contribution >= 0.6 is 43.2 Å². The highest BCUT2D eigenvalue weighted by molar-refractivity contribution is 9.10. The molecule has 0 aliphatic carbocycles. The Kier molecular flexibility index (Phi) is 10.3. The van der Waals surface area contributed by atoms with Gasteiger partial charge in [-0.3, -0.25) is 9.36 Å². The zero-order valence-corrected chi connectivity index (χ0v) is 29.4. The van der Waals surface area contributed by atoms with Crippen LogP contribution in [-0.4, -0.2) is 30.4 Å². The first kappa shape index (κ1) is 32.7. The van der Waals surface area contributed by atoms with Crippen molar-refractivity contribution in [3.8, 4) is 17.2 Å². The largest absolute Gasteiger partial charge is 0.493 e. The Labute approximate surface area is 281 Å². The highest BCUT2D eigenvalue weighted by Gasteiger charge is 2.35. The normalized spacial score (nSPS) is 14.7. The number of benzene rings is 3. The molecule has 0 bridgehead atoms. The Balaban J connectivity index is 1.60. The van der Waals surface area contributed by atoms with E-state index in [4.69, 9.17) is 18.9 Å². The highest BCUT2D eigenvalue weighted by Crippen LogP contribution is 2.37. The van der Waals surface area contributed by atoms with Crippen LogP contribution < -0.4 is 29.1 Å². The molecule has 0 saturated heterocycles. The van der Waals surface area contributed by atoms with Crippen molar-refractivity contribution in [1.29, 1.82) is 0 Å². The maximum atomic E-state index is 14.2. The quantitative estimate of drug-likeness (QED) is 0.168. The van der Waals surface area contributed by atoms with Gasteiger partial charge in [-0.2, -0.15) is 0 Å². The van der Waals surface area contributed by atoms with E-state index in [2.05, 4.69) is 36.9 Å². The molecule has 0 amide bonds. The molecule has 1 aromatic heterocycles. The number of thiazole rings is 1. The monoisotopic (exact) mass is 754 g/mol. The second-order valence-electron chi connectivity index (χ2n) is 10.4. The lowest BCUT2D eigenvalue weighted by molar-refractivity contribution is -0.139. The summed E-state index contributed by atoms with van der Waals surface area (Å²) in [5, 5.41) is 0. The summed E-state index contributed by atoms with van der Waals surface area (Å²) in [6, 6.07) is 18.2. The molecule has 3 aromatic carbocycles. The Bertz CT molecular complexity index is 1950. The molecule has 0 unspecified atom stereocenters. The number of ether oxygens (including phenoxy) is 4. The molecule has 0 saturated carbocycles. The van der Waals surface area contributed by atoms with Gasteiger partial charge < -0.3 is 18.9 Å². The summed E-state index contributed by atoms with van der Waals surface area (Å²) in [6.07, 6.45) is 1.67. The SMILES string of the molecule is CCOC(=O)C1=C(C)N=c2s/c(=C/c3cc(OC)c(OCc4ccc(Br)cc4)cc3Br)c(=O)n2[C@@H]1c1ccccc1OC(C)C. The summed E-state index contributed by atoms with van der Waals surface area (Å²) in [6.45, 7) is 7.92. The Hall–Kier alpha value is -3.67. The molecular formula is C34H32Br2N2O6S. The van der Waals surface area contributed by atoms with Crippen LogP contribution in [-0.2, 0) is 16.1 Å². The second kappa shape index (κ2) is 14.2. The van der Waals surface area contributed by atoms with Gasteiger partial charge in [-0.25, -0.2) is 9.79 Å². The van der Waals surface area contributed by atoms with Gasteiger partial charge in [0.2, 0.25) is 0 Å². The Morgan fingerprint density at radius 3 is 2.49 bits per heavy atom. The van der Waals surface area contributed by atoms with E-state index in [1.54, 1.807) is 31.6 Å². The van der Waals surface area contributed by atoms with Crippen LogP contribution in [0.5, 0.6) is 17.2 Å². The van der Waals surface area contributed by atoms with Crippen molar-refractivity contribution in [2.75, 3.05) is 13.7 Å². The Morgan fingerprint density at radius 1 is 1.07 bits per heavy atom. The van der Waals surface area contributed by atoms with Crippen LogP contribution in [0.1, 0.15) is 50.4 Å². The molecule has 8 nitrogen and oxygen atoms in total. The van der Waals surface area contributed by atoms with Crippen LogP contribution in [0, 0.1) is 0 Å². The van der Waals surface area contributed by atoms with Crippen molar-refractivity contribution in [2.45, 2.75) is 46.4 Å². The van der Waals surface area contributed by atoms with Crippen LogP contribution in [0.3, 0.4) is 0 Å². The average molecular weight is 757 g/mol. The zero-order valence-electron chi connectivity index (χ0n) is 25.4. The molecule has 1 aliphatic rings.